The van der Waals surface area contributed by atoms with Crippen molar-refractivity contribution < 1.29 is 4.42 Å². The number of fused-ring (bicyclic) bond motifs is 6. The molecule has 0 aliphatic carbocycles. The fourth-order valence-electron chi connectivity index (χ4n) is 5.60. The van der Waals surface area contributed by atoms with Gasteiger partial charge in [-0.1, -0.05) is 78.9 Å². The van der Waals surface area contributed by atoms with Crippen molar-refractivity contribution >= 4 is 81.9 Å². The van der Waals surface area contributed by atoms with Crippen molar-refractivity contribution in [2.75, 3.05) is 10.2 Å². The van der Waals surface area contributed by atoms with E-state index in [1.54, 1.807) is 0 Å². The maximum absolute atomic E-state index is 6.27. The molecule has 0 fully saturated rings. The van der Waals surface area contributed by atoms with Gasteiger partial charge < -0.3 is 14.6 Å². The molecule has 0 spiro atoms. The van der Waals surface area contributed by atoms with E-state index >= 15 is 0 Å². The maximum Gasteiger partial charge on any atom is 0.158 e. The minimum atomic E-state index is 0.865. The molecule has 1 N–H and O–H groups in total. The first-order chi connectivity index (χ1) is 19.8. The van der Waals surface area contributed by atoms with Crippen LogP contribution in [-0.2, 0) is 0 Å². The minimum absolute atomic E-state index is 0.865. The van der Waals surface area contributed by atoms with Gasteiger partial charge in [-0.3, -0.25) is 0 Å². The van der Waals surface area contributed by atoms with Gasteiger partial charge in [-0.25, -0.2) is 0 Å². The van der Waals surface area contributed by atoms with Crippen molar-refractivity contribution in [1.82, 2.24) is 0 Å². The van der Waals surface area contributed by atoms with Gasteiger partial charge in [0.2, 0.25) is 0 Å². The Balaban J connectivity index is 1.23. The Morgan fingerprint density at radius 2 is 1.20 bits per heavy atom. The topological polar surface area (TPSA) is 28.4 Å². The second-order valence-corrected chi connectivity index (χ2v) is 11.0. The predicted octanol–water partition coefficient (Wildman–Crippen LogP) is 11.2. The quantitative estimate of drug-likeness (QED) is 0.239. The number of thiophene rings is 1. The average molecular weight is 533 g/mol. The lowest BCUT2D eigenvalue weighted by molar-refractivity contribution is 0.670. The lowest BCUT2D eigenvalue weighted by atomic mass is 10.1. The van der Waals surface area contributed by atoms with Gasteiger partial charge in [-0.2, -0.15) is 0 Å². The van der Waals surface area contributed by atoms with Crippen molar-refractivity contribution in [3.05, 3.63) is 140 Å². The molecule has 0 radical (unpaired) electrons. The first kappa shape index (κ1) is 22.9. The van der Waals surface area contributed by atoms with Crippen LogP contribution in [0.1, 0.15) is 0 Å². The summed E-state index contributed by atoms with van der Waals surface area (Å²) in [6, 6.07) is 49.0. The summed E-state index contributed by atoms with van der Waals surface area (Å²) in [4.78, 5) is 2.32. The predicted molar refractivity (Wildman–Crippen MR) is 171 cm³/mol. The molecule has 2 heterocycles. The number of rotatable bonds is 5. The van der Waals surface area contributed by atoms with E-state index in [1.165, 1.54) is 20.2 Å². The zero-order valence-corrected chi connectivity index (χ0v) is 22.4. The van der Waals surface area contributed by atoms with Crippen LogP contribution in [0.25, 0.3) is 42.1 Å². The number of nitrogens with zero attached hydrogens (tertiary/aromatic N) is 1. The number of hydrogen-bond acceptors (Lipinski definition) is 4. The smallest absolute Gasteiger partial charge is 0.158 e. The summed E-state index contributed by atoms with van der Waals surface area (Å²) >= 11 is 1.84. The second kappa shape index (κ2) is 9.30. The molecule has 3 nitrogen and oxygen atoms in total. The third-order valence-corrected chi connectivity index (χ3v) is 8.56. The average Bonchev–Trinajstić information content (AvgIpc) is 3.57. The summed E-state index contributed by atoms with van der Waals surface area (Å²) in [6.45, 7) is 0. The van der Waals surface area contributed by atoms with E-state index < -0.39 is 0 Å². The fraction of sp³-hybridized carbons (Fsp3) is 0. The molecule has 0 aliphatic heterocycles. The lowest BCUT2D eigenvalue weighted by Crippen LogP contribution is -2.10. The largest absolute Gasteiger partial charge is 0.454 e. The molecule has 6 aromatic carbocycles. The Morgan fingerprint density at radius 1 is 0.500 bits per heavy atom. The van der Waals surface area contributed by atoms with E-state index in [1.807, 2.05) is 23.5 Å². The molecular weight excluding hydrogens is 508 g/mol. The van der Waals surface area contributed by atoms with Crippen molar-refractivity contribution in [3.8, 4) is 0 Å². The standard InChI is InChI=1S/C36H24N2OS/c1-2-11-25(12-3-1)38(27-20-21-30-29-15-5-7-19-34(29)40-35(30)23-27)26-13-8-10-24(22-26)37-32-17-9-16-31-28-14-4-6-18-33(28)39-36(31)32/h1-23,37H. The van der Waals surface area contributed by atoms with Gasteiger partial charge in [0, 0.05) is 53.7 Å². The van der Waals surface area contributed by atoms with Crippen molar-refractivity contribution in [2.45, 2.75) is 0 Å². The summed E-state index contributed by atoms with van der Waals surface area (Å²) in [5.41, 5.74) is 7.02. The fourth-order valence-corrected chi connectivity index (χ4v) is 6.74. The molecule has 40 heavy (non-hydrogen) atoms. The summed E-state index contributed by atoms with van der Waals surface area (Å²) in [5.74, 6) is 0. The van der Waals surface area contributed by atoms with Gasteiger partial charge in [-0.15, -0.1) is 11.3 Å². The van der Waals surface area contributed by atoms with E-state index in [0.29, 0.717) is 0 Å². The molecule has 0 amide bonds. The lowest BCUT2D eigenvalue weighted by Gasteiger charge is -2.26. The van der Waals surface area contributed by atoms with Crippen LogP contribution in [0.5, 0.6) is 0 Å². The molecule has 8 aromatic rings. The second-order valence-electron chi connectivity index (χ2n) is 9.91. The van der Waals surface area contributed by atoms with Gasteiger partial charge in [0.25, 0.3) is 0 Å². The summed E-state index contributed by atoms with van der Waals surface area (Å²) in [6.07, 6.45) is 0. The molecule has 0 atom stereocenters. The van der Waals surface area contributed by atoms with Crippen LogP contribution < -0.4 is 10.2 Å². The maximum atomic E-state index is 6.27. The van der Waals surface area contributed by atoms with Gasteiger partial charge in [-0.05, 0) is 60.7 Å². The highest BCUT2D eigenvalue weighted by Gasteiger charge is 2.16. The minimum Gasteiger partial charge on any atom is -0.454 e. The van der Waals surface area contributed by atoms with E-state index in [-0.39, 0.29) is 0 Å². The van der Waals surface area contributed by atoms with Crippen LogP contribution in [0, 0.1) is 0 Å². The van der Waals surface area contributed by atoms with Crippen molar-refractivity contribution in [1.29, 1.82) is 0 Å². The molecular formula is C36H24N2OS. The molecule has 2 aromatic heterocycles. The molecule has 0 unspecified atom stereocenters. The Labute approximate surface area is 235 Å². The molecule has 0 bridgehead atoms. The van der Waals surface area contributed by atoms with Gasteiger partial charge in [0.05, 0.1) is 5.69 Å². The number of benzene rings is 6. The highest BCUT2D eigenvalue weighted by molar-refractivity contribution is 7.25. The monoisotopic (exact) mass is 532 g/mol. The number of furan rings is 1. The van der Waals surface area contributed by atoms with Crippen LogP contribution in [0.15, 0.2) is 144 Å². The van der Waals surface area contributed by atoms with E-state index in [0.717, 1.165) is 50.4 Å². The highest BCUT2D eigenvalue weighted by atomic mass is 32.1. The van der Waals surface area contributed by atoms with Crippen LogP contribution in [-0.4, -0.2) is 0 Å². The molecule has 8 rings (SSSR count). The van der Waals surface area contributed by atoms with Gasteiger partial charge in [0.15, 0.2) is 5.58 Å². The van der Waals surface area contributed by atoms with Crippen LogP contribution >= 0.6 is 11.3 Å². The Hall–Kier alpha value is -5.06. The first-order valence-corrected chi connectivity index (χ1v) is 14.2. The van der Waals surface area contributed by atoms with Gasteiger partial charge >= 0.3 is 0 Å². The van der Waals surface area contributed by atoms with Crippen LogP contribution in [0.3, 0.4) is 0 Å². The molecule has 4 heteroatoms. The summed E-state index contributed by atoms with van der Waals surface area (Å²) < 4.78 is 8.86. The normalized spacial score (nSPS) is 11.5. The van der Waals surface area contributed by atoms with Crippen LogP contribution in [0.4, 0.5) is 28.4 Å². The number of nitrogens with one attached hydrogen (secondary N) is 1. The van der Waals surface area contributed by atoms with E-state index in [4.69, 9.17) is 4.42 Å². The number of hydrogen-bond donors (Lipinski definition) is 1. The molecule has 0 saturated heterocycles. The summed E-state index contributed by atoms with van der Waals surface area (Å²) in [7, 11) is 0. The SMILES string of the molecule is c1ccc(N(c2cccc(Nc3cccc4c3oc3ccccc34)c2)c2ccc3c(c2)sc2ccccc23)cc1. The highest BCUT2D eigenvalue weighted by Crippen LogP contribution is 2.41. The molecule has 190 valence electrons. The third kappa shape index (κ3) is 3.81. The van der Waals surface area contributed by atoms with Crippen molar-refractivity contribution in [3.63, 3.8) is 0 Å². The van der Waals surface area contributed by atoms with Gasteiger partial charge in [0.1, 0.15) is 5.58 Å². The summed E-state index contributed by atoms with van der Waals surface area (Å²) in [5, 5.41) is 8.48. The van der Waals surface area contributed by atoms with Crippen LogP contribution in [0.2, 0.25) is 0 Å². The Kier molecular flexibility index (Phi) is 5.32. The Morgan fingerprint density at radius 3 is 2.12 bits per heavy atom. The zero-order chi connectivity index (χ0) is 26.5. The first-order valence-electron chi connectivity index (χ1n) is 13.4. The third-order valence-electron chi connectivity index (χ3n) is 7.42. The van der Waals surface area contributed by atoms with Crippen molar-refractivity contribution in [2.24, 2.45) is 0 Å². The number of para-hydroxylation sites is 3. The molecule has 0 saturated carbocycles. The molecule has 0 aliphatic rings. The van der Waals surface area contributed by atoms with E-state index in [9.17, 15) is 0 Å². The van der Waals surface area contributed by atoms with E-state index in [2.05, 4.69) is 138 Å². The number of anilines is 5. The zero-order valence-electron chi connectivity index (χ0n) is 21.5. The Bertz CT molecular complexity index is 2160.